The average molecular weight is 279 g/mol. The van der Waals surface area contributed by atoms with Gasteiger partial charge < -0.3 is 5.11 Å². The van der Waals surface area contributed by atoms with Crippen LogP contribution >= 0.6 is 0 Å². The summed E-state index contributed by atoms with van der Waals surface area (Å²) < 4.78 is 1.55. The number of carbonyl (C=O) groups excluding carboxylic acids is 1. The van der Waals surface area contributed by atoms with Gasteiger partial charge in [-0.05, 0) is 29.8 Å². The molecule has 0 spiro atoms. The van der Waals surface area contributed by atoms with Crippen molar-refractivity contribution in [2.24, 2.45) is 0 Å². The Hall–Kier alpha value is -2.88. The summed E-state index contributed by atoms with van der Waals surface area (Å²) >= 11 is 0. The number of hydrogen-bond donors (Lipinski definition) is 1. The van der Waals surface area contributed by atoms with Crippen molar-refractivity contribution in [2.45, 2.75) is 6.42 Å². The third-order valence-corrected chi connectivity index (χ3v) is 3.35. The maximum absolute atomic E-state index is 12.5. The highest BCUT2D eigenvalue weighted by atomic mass is 16.4. The van der Waals surface area contributed by atoms with Gasteiger partial charge in [0, 0.05) is 17.1 Å². The van der Waals surface area contributed by atoms with Gasteiger partial charge in [-0.1, -0.05) is 30.3 Å². The molecule has 4 heteroatoms. The van der Waals surface area contributed by atoms with E-state index in [2.05, 4.69) is 0 Å². The van der Waals surface area contributed by atoms with Crippen molar-refractivity contribution in [3.63, 3.8) is 0 Å². The summed E-state index contributed by atoms with van der Waals surface area (Å²) in [4.78, 5) is 23.3. The molecule has 0 bridgehead atoms. The van der Waals surface area contributed by atoms with E-state index in [-0.39, 0.29) is 12.3 Å². The van der Waals surface area contributed by atoms with E-state index in [0.29, 0.717) is 11.1 Å². The molecule has 3 rings (SSSR count). The van der Waals surface area contributed by atoms with Gasteiger partial charge in [0.05, 0.1) is 11.9 Å². The molecule has 1 heterocycles. The van der Waals surface area contributed by atoms with Gasteiger partial charge in [-0.15, -0.1) is 0 Å². The molecule has 0 saturated carbocycles. The number of carbonyl (C=O) groups is 2. The van der Waals surface area contributed by atoms with E-state index in [1.54, 1.807) is 35.0 Å². The quantitative estimate of drug-likeness (QED) is 0.802. The van der Waals surface area contributed by atoms with Crippen LogP contribution in [0.25, 0.3) is 10.9 Å². The molecule has 0 fully saturated rings. The third kappa shape index (κ3) is 2.56. The van der Waals surface area contributed by atoms with E-state index < -0.39 is 5.97 Å². The van der Waals surface area contributed by atoms with Gasteiger partial charge in [0.2, 0.25) is 0 Å². The summed E-state index contributed by atoms with van der Waals surface area (Å²) in [5.74, 6) is -1.01. The summed E-state index contributed by atoms with van der Waals surface area (Å²) in [6.07, 6.45) is 1.66. The number of aromatic nitrogens is 1. The molecule has 3 aromatic rings. The van der Waals surface area contributed by atoms with Gasteiger partial charge in [0.1, 0.15) is 0 Å². The number of carboxylic acids is 1. The highest BCUT2D eigenvalue weighted by Crippen LogP contribution is 2.19. The number of aliphatic carboxylic acids is 1. The number of rotatable bonds is 3. The smallest absolute Gasteiger partial charge is 0.307 e. The lowest BCUT2D eigenvalue weighted by molar-refractivity contribution is -0.136. The predicted octanol–water partition coefficient (Wildman–Crippen LogP) is 2.96. The van der Waals surface area contributed by atoms with Crippen LogP contribution < -0.4 is 0 Å². The second-order valence-electron chi connectivity index (χ2n) is 4.82. The van der Waals surface area contributed by atoms with Gasteiger partial charge in [-0.2, -0.15) is 0 Å². The minimum Gasteiger partial charge on any atom is -0.481 e. The molecule has 0 aliphatic heterocycles. The minimum atomic E-state index is -0.887. The van der Waals surface area contributed by atoms with Gasteiger partial charge in [0.25, 0.3) is 5.91 Å². The van der Waals surface area contributed by atoms with Crippen LogP contribution in [-0.4, -0.2) is 21.6 Å². The van der Waals surface area contributed by atoms with E-state index in [9.17, 15) is 9.59 Å². The van der Waals surface area contributed by atoms with E-state index in [4.69, 9.17) is 5.11 Å². The summed E-state index contributed by atoms with van der Waals surface area (Å²) in [5.41, 5.74) is 2.00. The van der Waals surface area contributed by atoms with Crippen molar-refractivity contribution in [1.82, 2.24) is 4.57 Å². The Labute approximate surface area is 121 Å². The molecule has 0 unspecified atom stereocenters. The van der Waals surface area contributed by atoms with Crippen molar-refractivity contribution in [3.8, 4) is 0 Å². The topological polar surface area (TPSA) is 59.3 Å². The molecule has 104 valence electrons. The first-order valence-corrected chi connectivity index (χ1v) is 6.57. The van der Waals surface area contributed by atoms with E-state index in [1.807, 2.05) is 30.3 Å². The van der Waals surface area contributed by atoms with Gasteiger partial charge in [-0.25, -0.2) is 0 Å². The van der Waals surface area contributed by atoms with Crippen molar-refractivity contribution >= 4 is 22.8 Å². The number of fused-ring (bicyclic) bond motifs is 1. The largest absolute Gasteiger partial charge is 0.481 e. The van der Waals surface area contributed by atoms with Gasteiger partial charge >= 0.3 is 5.97 Å². The van der Waals surface area contributed by atoms with E-state index >= 15 is 0 Å². The number of benzene rings is 2. The fourth-order valence-corrected chi connectivity index (χ4v) is 2.36. The molecule has 21 heavy (non-hydrogen) atoms. The van der Waals surface area contributed by atoms with Crippen LogP contribution in [0.15, 0.2) is 60.8 Å². The molecular weight excluding hydrogens is 266 g/mol. The molecule has 4 nitrogen and oxygen atoms in total. The van der Waals surface area contributed by atoms with Crippen LogP contribution in [0.3, 0.4) is 0 Å². The van der Waals surface area contributed by atoms with Crippen LogP contribution in [0.5, 0.6) is 0 Å². The fourth-order valence-electron chi connectivity index (χ4n) is 2.36. The van der Waals surface area contributed by atoms with Crippen molar-refractivity contribution < 1.29 is 14.7 Å². The second-order valence-corrected chi connectivity index (χ2v) is 4.82. The lowest BCUT2D eigenvalue weighted by Crippen LogP contribution is -2.10. The Kier molecular flexibility index (Phi) is 3.28. The van der Waals surface area contributed by atoms with Crippen molar-refractivity contribution in [1.29, 1.82) is 0 Å². The summed E-state index contributed by atoms with van der Waals surface area (Å²) in [5, 5.41) is 9.78. The first-order chi connectivity index (χ1) is 10.1. The Balaban J connectivity index is 2.06. The summed E-state index contributed by atoms with van der Waals surface area (Å²) in [6, 6.07) is 16.2. The molecular formula is C17H13NO3. The zero-order chi connectivity index (χ0) is 14.8. The molecule has 2 aromatic carbocycles. The van der Waals surface area contributed by atoms with Gasteiger partial charge in [-0.3, -0.25) is 14.2 Å². The van der Waals surface area contributed by atoms with E-state index in [1.165, 1.54) is 0 Å². The number of hydrogen-bond acceptors (Lipinski definition) is 2. The van der Waals surface area contributed by atoms with Crippen molar-refractivity contribution in [3.05, 3.63) is 71.9 Å². The predicted molar refractivity (Wildman–Crippen MR) is 79.4 cm³/mol. The Morgan fingerprint density at radius 1 is 1.00 bits per heavy atom. The molecule has 0 aliphatic rings. The maximum Gasteiger partial charge on any atom is 0.307 e. The first kappa shape index (κ1) is 13.1. The summed E-state index contributed by atoms with van der Waals surface area (Å²) in [6.45, 7) is 0. The molecule has 1 N–H and O–H groups in total. The van der Waals surface area contributed by atoms with Crippen LogP contribution in [0.4, 0.5) is 0 Å². The standard InChI is InChI=1S/C17H13NO3/c19-16(20)11-12-6-7-13-8-9-18(15(13)10-12)17(21)14-4-2-1-3-5-14/h1-10H,11H2,(H,19,20). The lowest BCUT2D eigenvalue weighted by atomic mass is 10.1. The Morgan fingerprint density at radius 3 is 2.48 bits per heavy atom. The molecule has 0 radical (unpaired) electrons. The first-order valence-electron chi connectivity index (χ1n) is 6.57. The fraction of sp³-hybridized carbons (Fsp3) is 0.0588. The van der Waals surface area contributed by atoms with Gasteiger partial charge in [0.15, 0.2) is 0 Å². The highest BCUT2D eigenvalue weighted by Gasteiger charge is 2.12. The lowest BCUT2D eigenvalue weighted by Gasteiger charge is -2.05. The van der Waals surface area contributed by atoms with Crippen LogP contribution in [0.1, 0.15) is 15.9 Å². The van der Waals surface area contributed by atoms with Crippen LogP contribution in [0.2, 0.25) is 0 Å². The number of carboxylic acid groups (broad SMARTS) is 1. The Morgan fingerprint density at radius 2 is 1.76 bits per heavy atom. The average Bonchev–Trinajstić information content (AvgIpc) is 2.90. The SMILES string of the molecule is O=C(O)Cc1ccc2ccn(C(=O)c3ccccc3)c2c1. The summed E-state index contributed by atoms with van der Waals surface area (Å²) in [7, 11) is 0. The van der Waals surface area contributed by atoms with Crippen LogP contribution in [0, 0.1) is 0 Å². The molecule has 0 saturated heterocycles. The highest BCUT2D eigenvalue weighted by molar-refractivity contribution is 6.02. The maximum atomic E-state index is 12.5. The zero-order valence-corrected chi connectivity index (χ0v) is 11.2. The minimum absolute atomic E-state index is 0.0549. The zero-order valence-electron chi connectivity index (χ0n) is 11.2. The van der Waals surface area contributed by atoms with Crippen molar-refractivity contribution in [2.75, 3.05) is 0 Å². The number of nitrogens with zero attached hydrogens (tertiary/aromatic N) is 1. The Bertz CT molecular complexity index is 818. The monoisotopic (exact) mass is 279 g/mol. The molecule has 0 aliphatic carbocycles. The normalized spacial score (nSPS) is 10.7. The van der Waals surface area contributed by atoms with E-state index in [0.717, 1.165) is 10.9 Å². The molecule has 1 aromatic heterocycles. The molecule has 0 amide bonds. The van der Waals surface area contributed by atoms with Crippen LogP contribution in [-0.2, 0) is 11.2 Å². The molecule has 0 atom stereocenters. The third-order valence-electron chi connectivity index (χ3n) is 3.35. The second kappa shape index (κ2) is 5.25.